The largest absolute Gasteiger partial charge is 0.467 e. The van der Waals surface area contributed by atoms with Gasteiger partial charge in [-0.15, -0.1) is 10.2 Å². The molecule has 132 valence electrons. The molecular formula is C17H15N5O3S. The lowest BCUT2D eigenvalue weighted by molar-refractivity contribution is 0.390. The Balaban J connectivity index is 1.34. The Bertz CT molecular complexity index is 986. The lowest BCUT2D eigenvalue weighted by Gasteiger charge is -2.07. The summed E-state index contributed by atoms with van der Waals surface area (Å²) in [4.78, 5) is 4.36. The first-order chi connectivity index (χ1) is 12.9. The van der Waals surface area contributed by atoms with E-state index in [0.29, 0.717) is 35.7 Å². The highest BCUT2D eigenvalue weighted by Crippen LogP contribution is 2.40. The van der Waals surface area contributed by atoms with Crippen molar-refractivity contribution >= 4 is 11.8 Å². The highest BCUT2D eigenvalue weighted by molar-refractivity contribution is 7.98. The molecule has 0 amide bonds. The van der Waals surface area contributed by atoms with Crippen LogP contribution in [0.3, 0.4) is 0 Å². The minimum Gasteiger partial charge on any atom is -0.467 e. The van der Waals surface area contributed by atoms with E-state index in [2.05, 4.69) is 24.9 Å². The Kier molecular flexibility index (Phi) is 3.85. The van der Waals surface area contributed by atoms with Crippen molar-refractivity contribution in [3.8, 4) is 11.6 Å². The van der Waals surface area contributed by atoms with E-state index in [1.54, 1.807) is 24.7 Å². The van der Waals surface area contributed by atoms with Crippen molar-refractivity contribution in [1.82, 2.24) is 24.9 Å². The Hall–Kier alpha value is -2.81. The molecule has 4 heterocycles. The van der Waals surface area contributed by atoms with Crippen LogP contribution in [0.4, 0.5) is 0 Å². The third-order valence-electron chi connectivity index (χ3n) is 4.12. The van der Waals surface area contributed by atoms with Gasteiger partial charge < -0.3 is 13.4 Å². The van der Waals surface area contributed by atoms with Gasteiger partial charge in [-0.3, -0.25) is 4.57 Å². The average molecular weight is 369 g/mol. The van der Waals surface area contributed by atoms with E-state index in [-0.39, 0.29) is 0 Å². The second-order valence-electron chi connectivity index (χ2n) is 6.06. The predicted octanol–water partition coefficient (Wildman–Crippen LogP) is 3.73. The fourth-order valence-corrected chi connectivity index (χ4v) is 3.49. The zero-order valence-electron chi connectivity index (χ0n) is 13.7. The molecule has 0 bridgehead atoms. The number of hydrogen-bond acceptors (Lipinski definition) is 8. The maximum absolute atomic E-state index is 5.49. The van der Waals surface area contributed by atoms with Gasteiger partial charge in [0, 0.05) is 5.92 Å². The molecule has 1 fully saturated rings. The molecular weight excluding hydrogens is 354 g/mol. The maximum atomic E-state index is 5.49. The van der Waals surface area contributed by atoms with E-state index in [1.807, 2.05) is 12.1 Å². The molecule has 0 atom stereocenters. The van der Waals surface area contributed by atoms with Gasteiger partial charge in [-0.2, -0.15) is 4.98 Å². The zero-order chi connectivity index (χ0) is 17.3. The van der Waals surface area contributed by atoms with Crippen molar-refractivity contribution in [1.29, 1.82) is 0 Å². The third-order valence-corrected chi connectivity index (χ3v) is 5.07. The van der Waals surface area contributed by atoms with Crippen molar-refractivity contribution in [2.75, 3.05) is 0 Å². The smallest absolute Gasteiger partial charge is 0.238 e. The predicted molar refractivity (Wildman–Crippen MR) is 91.4 cm³/mol. The van der Waals surface area contributed by atoms with Crippen LogP contribution in [0, 0.1) is 0 Å². The quantitative estimate of drug-likeness (QED) is 0.455. The molecule has 1 aliphatic rings. The van der Waals surface area contributed by atoms with Gasteiger partial charge in [0.1, 0.15) is 11.6 Å². The van der Waals surface area contributed by atoms with Gasteiger partial charge >= 0.3 is 0 Å². The van der Waals surface area contributed by atoms with Gasteiger partial charge in [0.05, 0.1) is 24.8 Å². The summed E-state index contributed by atoms with van der Waals surface area (Å²) in [6.07, 6.45) is 5.59. The van der Waals surface area contributed by atoms with E-state index in [0.717, 1.165) is 29.6 Å². The van der Waals surface area contributed by atoms with Crippen LogP contribution in [0.5, 0.6) is 0 Å². The summed E-state index contributed by atoms with van der Waals surface area (Å²) in [6, 6.07) is 7.43. The summed E-state index contributed by atoms with van der Waals surface area (Å²) < 4.78 is 18.2. The average Bonchev–Trinajstić information content (AvgIpc) is 3.17. The molecule has 8 nitrogen and oxygen atoms in total. The van der Waals surface area contributed by atoms with Crippen LogP contribution in [-0.4, -0.2) is 24.9 Å². The second-order valence-corrected chi connectivity index (χ2v) is 7.00. The van der Waals surface area contributed by atoms with Gasteiger partial charge in [-0.1, -0.05) is 16.9 Å². The SMILES string of the molecule is c1coc(Cn2c(SCc3nc(-c4ccco4)no3)nnc2C2CC2)c1. The molecule has 5 rings (SSSR count). The molecule has 0 N–H and O–H groups in total. The van der Waals surface area contributed by atoms with Gasteiger partial charge in [0.15, 0.2) is 10.9 Å². The molecule has 26 heavy (non-hydrogen) atoms. The van der Waals surface area contributed by atoms with Crippen molar-refractivity contribution in [2.24, 2.45) is 0 Å². The highest BCUT2D eigenvalue weighted by Gasteiger charge is 2.30. The number of aromatic nitrogens is 5. The lowest BCUT2D eigenvalue weighted by Crippen LogP contribution is -2.05. The lowest BCUT2D eigenvalue weighted by atomic mass is 10.3. The normalized spacial score (nSPS) is 14.2. The van der Waals surface area contributed by atoms with Crippen molar-refractivity contribution in [2.45, 2.75) is 36.2 Å². The number of hydrogen-bond donors (Lipinski definition) is 0. The van der Waals surface area contributed by atoms with E-state index in [1.165, 1.54) is 11.8 Å². The molecule has 0 aliphatic heterocycles. The monoisotopic (exact) mass is 369 g/mol. The Morgan fingerprint density at radius 1 is 1.12 bits per heavy atom. The Morgan fingerprint density at radius 2 is 2.00 bits per heavy atom. The van der Waals surface area contributed by atoms with Crippen LogP contribution in [-0.2, 0) is 12.3 Å². The zero-order valence-corrected chi connectivity index (χ0v) is 14.6. The molecule has 1 saturated carbocycles. The number of nitrogens with zero attached hydrogens (tertiary/aromatic N) is 5. The van der Waals surface area contributed by atoms with Crippen LogP contribution >= 0.6 is 11.8 Å². The first kappa shape index (κ1) is 15.4. The third kappa shape index (κ3) is 3.05. The van der Waals surface area contributed by atoms with Crippen molar-refractivity contribution < 1.29 is 13.4 Å². The van der Waals surface area contributed by atoms with Gasteiger partial charge in [-0.05, 0) is 37.1 Å². The molecule has 4 aromatic rings. The van der Waals surface area contributed by atoms with Crippen LogP contribution in [0.15, 0.2) is 55.3 Å². The van der Waals surface area contributed by atoms with Crippen molar-refractivity contribution in [3.63, 3.8) is 0 Å². The number of furan rings is 2. The molecule has 0 unspecified atom stereocenters. The van der Waals surface area contributed by atoms with Crippen LogP contribution in [0.1, 0.15) is 36.2 Å². The minimum absolute atomic E-state index is 0.446. The topological polar surface area (TPSA) is 95.9 Å². The first-order valence-electron chi connectivity index (χ1n) is 8.31. The standard InChI is InChI=1S/C17H15N5O3S/c1-3-12(23-7-1)9-22-16(11-5-6-11)19-20-17(22)26-10-14-18-15(21-25-14)13-4-2-8-24-13/h1-4,7-8,11H,5-6,9-10H2. The first-order valence-corrected chi connectivity index (χ1v) is 9.30. The Morgan fingerprint density at radius 3 is 2.77 bits per heavy atom. The van der Waals surface area contributed by atoms with Gasteiger partial charge in [0.2, 0.25) is 11.7 Å². The molecule has 0 spiro atoms. The summed E-state index contributed by atoms with van der Waals surface area (Å²) >= 11 is 1.52. The molecule has 4 aromatic heterocycles. The number of rotatable bonds is 7. The Labute approximate surface area is 152 Å². The number of thioether (sulfide) groups is 1. The molecule has 0 saturated heterocycles. The minimum atomic E-state index is 0.446. The molecule has 9 heteroatoms. The molecule has 0 radical (unpaired) electrons. The van der Waals surface area contributed by atoms with Gasteiger partial charge in [0.25, 0.3) is 0 Å². The van der Waals surface area contributed by atoms with E-state index in [4.69, 9.17) is 13.4 Å². The summed E-state index contributed by atoms with van der Waals surface area (Å²) in [5.41, 5.74) is 0. The summed E-state index contributed by atoms with van der Waals surface area (Å²) in [7, 11) is 0. The van der Waals surface area contributed by atoms with E-state index in [9.17, 15) is 0 Å². The molecule has 0 aromatic carbocycles. The van der Waals surface area contributed by atoms with E-state index >= 15 is 0 Å². The fraction of sp³-hybridized carbons (Fsp3) is 0.294. The van der Waals surface area contributed by atoms with E-state index < -0.39 is 0 Å². The second kappa shape index (κ2) is 6.49. The maximum Gasteiger partial charge on any atom is 0.238 e. The summed E-state index contributed by atoms with van der Waals surface area (Å²) in [5.74, 6) is 4.46. The van der Waals surface area contributed by atoms with Crippen LogP contribution in [0.2, 0.25) is 0 Å². The highest BCUT2D eigenvalue weighted by atomic mass is 32.2. The molecule has 1 aliphatic carbocycles. The van der Waals surface area contributed by atoms with Gasteiger partial charge in [-0.25, -0.2) is 0 Å². The van der Waals surface area contributed by atoms with Crippen molar-refractivity contribution in [3.05, 3.63) is 54.3 Å². The summed E-state index contributed by atoms with van der Waals surface area (Å²) in [5, 5.41) is 13.5. The van der Waals surface area contributed by atoms with Crippen LogP contribution < -0.4 is 0 Å². The van der Waals surface area contributed by atoms with Crippen LogP contribution in [0.25, 0.3) is 11.6 Å². The fourth-order valence-electron chi connectivity index (χ4n) is 2.70. The summed E-state index contributed by atoms with van der Waals surface area (Å²) in [6.45, 7) is 0.621.